The smallest absolute Gasteiger partial charge is 0.325 e. The second-order valence-electron chi connectivity index (χ2n) is 7.04. The first-order valence-electron chi connectivity index (χ1n) is 9.06. The zero-order chi connectivity index (χ0) is 20.3. The molecule has 1 saturated heterocycles. The van der Waals surface area contributed by atoms with Gasteiger partial charge in [-0.25, -0.2) is 4.79 Å². The number of benzene rings is 2. The molecule has 29 heavy (non-hydrogen) atoms. The van der Waals surface area contributed by atoms with E-state index in [0.717, 1.165) is 25.6 Å². The molecule has 0 aliphatic carbocycles. The fraction of sp³-hybridized carbons (Fsp3) is 0.300. The van der Waals surface area contributed by atoms with E-state index >= 15 is 0 Å². The van der Waals surface area contributed by atoms with Gasteiger partial charge in [0, 0.05) is 6.42 Å². The van der Waals surface area contributed by atoms with Gasteiger partial charge in [0.15, 0.2) is 11.5 Å². The highest BCUT2D eigenvalue weighted by Crippen LogP contribution is 2.46. The average Bonchev–Trinajstić information content (AvgIpc) is 2.97. The Bertz CT molecular complexity index is 1030. The van der Waals surface area contributed by atoms with Crippen LogP contribution in [-0.2, 0) is 11.2 Å². The minimum absolute atomic E-state index is 0.285. The van der Waals surface area contributed by atoms with Crippen LogP contribution in [0.2, 0.25) is 0 Å². The van der Waals surface area contributed by atoms with Crippen LogP contribution in [0.1, 0.15) is 22.7 Å². The molecule has 2 aromatic carbocycles. The topological polar surface area (TPSA) is 77.1 Å². The van der Waals surface area contributed by atoms with Crippen molar-refractivity contribution in [3.8, 4) is 17.2 Å². The first kappa shape index (κ1) is 18.7. The van der Waals surface area contributed by atoms with Gasteiger partial charge in [0.05, 0.1) is 22.1 Å². The number of carbonyl (C=O) groups excluding carboxylic acids is 2. The number of nitrogens with zero attached hydrogens (tertiary/aromatic N) is 1. The molecule has 150 valence electrons. The molecule has 2 atom stereocenters. The van der Waals surface area contributed by atoms with Crippen LogP contribution in [0.4, 0.5) is 4.79 Å². The molecular formula is C20H16Br2N2O5. The summed E-state index contributed by atoms with van der Waals surface area (Å²) in [6, 6.07) is 6.26. The van der Waals surface area contributed by atoms with Crippen LogP contribution in [0.15, 0.2) is 33.2 Å². The van der Waals surface area contributed by atoms with Crippen molar-refractivity contribution in [2.45, 2.75) is 18.5 Å². The molecular weight excluding hydrogens is 508 g/mol. The van der Waals surface area contributed by atoms with E-state index in [1.807, 2.05) is 24.3 Å². The lowest BCUT2D eigenvalue weighted by Gasteiger charge is -2.38. The Kier molecular flexibility index (Phi) is 4.47. The zero-order valence-electron chi connectivity index (χ0n) is 15.3. The Labute approximate surface area is 183 Å². The van der Waals surface area contributed by atoms with Crippen LogP contribution < -0.4 is 19.5 Å². The molecule has 0 radical (unpaired) electrons. The fourth-order valence-corrected chi connectivity index (χ4v) is 5.76. The van der Waals surface area contributed by atoms with Crippen LogP contribution in [0, 0.1) is 0 Å². The summed E-state index contributed by atoms with van der Waals surface area (Å²) in [5.41, 5.74) is 2.73. The molecule has 9 heteroatoms. The van der Waals surface area contributed by atoms with E-state index < -0.39 is 18.1 Å². The van der Waals surface area contributed by atoms with E-state index in [0.29, 0.717) is 36.9 Å². The quantitative estimate of drug-likeness (QED) is 0.609. The maximum absolute atomic E-state index is 12.7. The standard InChI is InChI=1S/C20H16Br2N2O5/c1-27-18-12(21)4-10(5-13(18)22)17-11-8-16-15(28-2-3-29-16)7-9(11)6-14-19(25)23-20(26)24(14)17/h4-5,7-8,14,17H,2-3,6H2,1H3,(H,23,25,26)/t14-,17-/m0/s1. The second-order valence-corrected chi connectivity index (χ2v) is 8.75. The molecule has 5 rings (SSSR count). The third-order valence-corrected chi connectivity index (χ3v) is 6.61. The molecule has 3 heterocycles. The third kappa shape index (κ3) is 2.90. The Morgan fingerprint density at radius 2 is 1.72 bits per heavy atom. The summed E-state index contributed by atoms with van der Waals surface area (Å²) in [4.78, 5) is 26.8. The molecule has 0 spiro atoms. The number of urea groups is 1. The van der Waals surface area contributed by atoms with Gasteiger partial charge in [-0.1, -0.05) is 0 Å². The molecule has 3 aliphatic heterocycles. The van der Waals surface area contributed by atoms with Gasteiger partial charge >= 0.3 is 6.03 Å². The number of imide groups is 1. The van der Waals surface area contributed by atoms with Gasteiger partial charge in [0.1, 0.15) is 25.0 Å². The number of halogens is 2. The third-order valence-electron chi connectivity index (χ3n) is 5.43. The molecule has 1 fully saturated rings. The van der Waals surface area contributed by atoms with Gasteiger partial charge in [-0.3, -0.25) is 10.1 Å². The van der Waals surface area contributed by atoms with Crippen LogP contribution in [0.3, 0.4) is 0 Å². The highest BCUT2D eigenvalue weighted by molar-refractivity contribution is 9.11. The largest absolute Gasteiger partial charge is 0.494 e. The molecule has 0 aromatic heterocycles. The SMILES string of the molecule is COc1c(Br)cc([C@H]2c3cc4c(cc3C[C@H]3C(=O)NC(=O)N23)OCCO4)cc1Br. The Morgan fingerprint density at radius 1 is 1.07 bits per heavy atom. The van der Waals surface area contributed by atoms with Gasteiger partial charge in [-0.15, -0.1) is 0 Å². The summed E-state index contributed by atoms with van der Waals surface area (Å²) in [5.74, 6) is 1.69. The van der Waals surface area contributed by atoms with Crippen LogP contribution in [0.25, 0.3) is 0 Å². The summed E-state index contributed by atoms with van der Waals surface area (Å²) in [6.07, 6.45) is 0.429. The van der Waals surface area contributed by atoms with Crippen LogP contribution in [-0.4, -0.2) is 43.2 Å². The molecule has 1 N–H and O–H groups in total. The molecule has 3 amide bonds. The zero-order valence-corrected chi connectivity index (χ0v) is 18.5. The average molecular weight is 524 g/mol. The van der Waals surface area contributed by atoms with E-state index in [2.05, 4.69) is 37.2 Å². The number of hydrogen-bond donors (Lipinski definition) is 1. The summed E-state index contributed by atoms with van der Waals surface area (Å²) in [7, 11) is 1.59. The number of hydrogen-bond acceptors (Lipinski definition) is 5. The molecule has 0 saturated carbocycles. The van der Waals surface area contributed by atoms with Gasteiger partial charge < -0.3 is 19.1 Å². The van der Waals surface area contributed by atoms with Crippen LogP contribution in [0.5, 0.6) is 17.2 Å². The number of fused-ring (bicyclic) bond motifs is 3. The van der Waals surface area contributed by atoms with E-state index in [1.54, 1.807) is 12.0 Å². The van der Waals surface area contributed by atoms with Crippen molar-refractivity contribution in [3.63, 3.8) is 0 Å². The van der Waals surface area contributed by atoms with Crippen LogP contribution >= 0.6 is 31.9 Å². The molecule has 0 unspecified atom stereocenters. The summed E-state index contributed by atoms with van der Waals surface area (Å²) < 4.78 is 18.4. The Hall–Kier alpha value is -2.26. The summed E-state index contributed by atoms with van der Waals surface area (Å²) in [6.45, 7) is 0.962. The molecule has 0 bridgehead atoms. The van der Waals surface area contributed by atoms with E-state index in [4.69, 9.17) is 14.2 Å². The van der Waals surface area contributed by atoms with Crippen molar-refractivity contribution in [1.29, 1.82) is 0 Å². The second kappa shape index (κ2) is 6.91. The lowest BCUT2D eigenvalue weighted by atomic mass is 9.85. The van der Waals surface area contributed by atoms with Gasteiger partial charge in [0.2, 0.25) is 0 Å². The van der Waals surface area contributed by atoms with Crippen molar-refractivity contribution in [1.82, 2.24) is 10.2 Å². The number of carbonyl (C=O) groups is 2. The summed E-state index contributed by atoms with van der Waals surface area (Å²) in [5, 5.41) is 2.45. The van der Waals surface area contributed by atoms with Crippen molar-refractivity contribution in [3.05, 3.63) is 49.9 Å². The number of ether oxygens (including phenoxy) is 3. The number of amides is 3. The lowest BCUT2D eigenvalue weighted by Crippen LogP contribution is -2.44. The highest BCUT2D eigenvalue weighted by Gasteiger charge is 2.47. The molecule has 3 aliphatic rings. The van der Waals surface area contributed by atoms with E-state index in [9.17, 15) is 9.59 Å². The predicted molar refractivity (Wildman–Crippen MR) is 111 cm³/mol. The molecule has 2 aromatic rings. The van der Waals surface area contributed by atoms with Gasteiger partial charge in [0.25, 0.3) is 5.91 Å². The first-order chi connectivity index (χ1) is 14.0. The minimum atomic E-state index is -0.567. The number of nitrogens with one attached hydrogen (secondary N) is 1. The predicted octanol–water partition coefficient (Wildman–Crippen LogP) is 3.56. The minimum Gasteiger partial charge on any atom is -0.494 e. The lowest BCUT2D eigenvalue weighted by molar-refractivity contribution is -0.121. The van der Waals surface area contributed by atoms with E-state index in [1.165, 1.54) is 0 Å². The Balaban J connectivity index is 1.72. The van der Waals surface area contributed by atoms with Gasteiger partial charge in [-0.05, 0) is 72.8 Å². The number of rotatable bonds is 2. The van der Waals surface area contributed by atoms with Crippen molar-refractivity contribution >= 4 is 43.8 Å². The van der Waals surface area contributed by atoms with Crippen molar-refractivity contribution in [2.75, 3.05) is 20.3 Å². The monoisotopic (exact) mass is 522 g/mol. The van der Waals surface area contributed by atoms with Crippen molar-refractivity contribution < 1.29 is 23.8 Å². The maximum atomic E-state index is 12.7. The normalized spacial score (nSPS) is 22.1. The highest BCUT2D eigenvalue weighted by atomic mass is 79.9. The maximum Gasteiger partial charge on any atom is 0.325 e. The van der Waals surface area contributed by atoms with E-state index in [-0.39, 0.29) is 5.91 Å². The Morgan fingerprint density at radius 3 is 2.38 bits per heavy atom. The number of methoxy groups -OCH3 is 1. The molecule has 7 nitrogen and oxygen atoms in total. The summed E-state index contributed by atoms with van der Waals surface area (Å²) >= 11 is 7.08. The first-order valence-corrected chi connectivity index (χ1v) is 10.6. The van der Waals surface area contributed by atoms with Crippen molar-refractivity contribution in [2.24, 2.45) is 0 Å². The fourth-order valence-electron chi connectivity index (χ4n) is 4.22. The van der Waals surface area contributed by atoms with Gasteiger partial charge in [-0.2, -0.15) is 0 Å².